The summed E-state index contributed by atoms with van der Waals surface area (Å²) in [5.74, 6) is -0.113. The number of nitrogens with one attached hydrogen (secondary N) is 1. The standard InChI is InChI=1S/C19H29N3O3S.ClH/c1-15-5-7-18(8-6-15)26(24,25)22-11-3-4-16(14-22)19(23)21-12-9-17(20-2)10-13-21;/h5-8,16-17,20H,3-4,9-14H2,1-2H3;1H. The lowest BCUT2D eigenvalue weighted by Crippen LogP contribution is -2.50. The van der Waals surface area contributed by atoms with Crippen LogP contribution in [0.1, 0.15) is 31.2 Å². The zero-order valence-electron chi connectivity index (χ0n) is 16.1. The van der Waals surface area contributed by atoms with Gasteiger partial charge >= 0.3 is 0 Å². The molecule has 2 fully saturated rings. The molecular formula is C19H30ClN3O3S. The monoisotopic (exact) mass is 415 g/mol. The Balaban J connectivity index is 0.00000261. The van der Waals surface area contributed by atoms with Crippen molar-refractivity contribution in [3.8, 4) is 0 Å². The van der Waals surface area contributed by atoms with Crippen molar-refractivity contribution in [3.63, 3.8) is 0 Å². The van der Waals surface area contributed by atoms with Gasteiger partial charge in [-0.1, -0.05) is 17.7 Å². The highest BCUT2D eigenvalue weighted by molar-refractivity contribution is 7.89. The SMILES string of the molecule is CNC1CCN(C(=O)C2CCCN(S(=O)(=O)c3ccc(C)cc3)C2)CC1.Cl. The fourth-order valence-corrected chi connectivity index (χ4v) is 5.39. The Kier molecular flexibility index (Phi) is 7.68. The normalized spacial score (nSPS) is 22.3. The molecule has 0 saturated carbocycles. The molecule has 1 unspecified atom stereocenters. The first kappa shape index (κ1) is 22.1. The Hall–Kier alpha value is -1.15. The third-order valence-corrected chi connectivity index (χ3v) is 7.49. The molecule has 8 heteroatoms. The Morgan fingerprint density at radius 1 is 1.07 bits per heavy atom. The molecule has 1 aromatic rings. The number of sulfonamides is 1. The fourth-order valence-electron chi connectivity index (χ4n) is 3.87. The zero-order valence-corrected chi connectivity index (χ0v) is 17.7. The molecule has 0 bridgehead atoms. The average Bonchev–Trinajstić information content (AvgIpc) is 2.68. The maximum absolute atomic E-state index is 12.9. The summed E-state index contributed by atoms with van der Waals surface area (Å²) in [6.07, 6.45) is 3.42. The number of benzene rings is 1. The van der Waals surface area contributed by atoms with Crippen LogP contribution >= 0.6 is 12.4 Å². The summed E-state index contributed by atoms with van der Waals surface area (Å²) in [6.45, 7) is 4.23. The fraction of sp³-hybridized carbons (Fsp3) is 0.632. The summed E-state index contributed by atoms with van der Waals surface area (Å²) in [5, 5.41) is 3.27. The van der Waals surface area contributed by atoms with Crippen molar-refractivity contribution in [1.82, 2.24) is 14.5 Å². The van der Waals surface area contributed by atoms with Crippen LogP contribution in [-0.2, 0) is 14.8 Å². The molecule has 2 heterocycles. The van der Waals surface area contributed by atoms with E-state index in [9.17, 15) is 13.2 Å². The molecule has 0 spiro atoms. The molecule has 2 aliphatic heterocycles. The van der Waals surface area contributed by atoms with Gasteiger partial charge in [-0.25, -0.2) is 8.42 Å². The number of nitrogens with zero attached hydrogens (tertiary/aromatic N) is 2. The van der Waals surface area contributed by atoms with E-state index in [1.165, 1.54) is 4.31 Å². The van der Waals surface area contributed by atoms with Gasteiger partial charge in [0.2, 0.25) is 15.9 Å². The average molecular weight is 416 g/mol. The number of rotatable bonds is 4. The van der Waals surface area contributed by atoms with Crippen molar-refractivity contribution >= 4 is 28.3 Å². The van der Waals surface area contributed by atoms with Gasteiger partial charge in [-0.3, -0.25) is 4.79 Å². The molecule has 1 atom stereocenters. The third-order valence-electron chi connectivity index (χ3n) is 5.61. The maximum Gasteiger partial charge on any atom is 0.243 e. The number of aryl methyl sites for hydroxylation is 1. The van der Waals surface area contributed by atoms with E-state index in [-0.39, 0.29) is 24.2 Å². The summed E-state index contributed by atoms with van der Waals surface area (Å²) in [5.41, 5.74) is 1.03. The molecule has 6 nitrogen and oxygen atoms in total. The van der Waals surface area contributed by atoms with Crippen LogP contribution < -0.4 is 5.32 Å². The highest BCUT2D eigenvalue weighted by Crippen LogP contribution is 2.26. The second-order valence-corrected chi connectivity index (χ2v) is 9.34. The quantitative estimate of drug-likeness (QED) is 0.816. The van der Waals surface area contributed by atoms with Crippen LogP contribution in [-0.4, -0.2) is 62.8 Å². The van der Waals surface area contributed by atoms with Gasteiger partial charge in [0, 0.05) is 32.2 Å². The highest BCUT2D eigenvalue weighted by Gasteiger charge is 2.35. The predicted molar refractivity (Wildman–Crippen MR) is 109 cm³/mol. The minimum absolute atomic E-state index is 0. The Morgan fingerprint density at radius 2 is 1.70 bits per heavy atom. The van der Waals surface area contributed by atoms with Crippen molar-refractivity contribution in [2.45, 2.75) is 43.5 Å². The zero-order chi connectivity index (χ0) is 18.7. The van der Waals surface area contributed by atoms with E-state index in [4.69, 9.17) is 0 Å². The number of hydrogen-bond acceptors (Lipinski definition) is 4. The molecule has 2 aliphatic rings. The number of amides is 1. The molecule has 0 aliphatic carbocycles. The van der Waals surface area contributed by atoms with Gasteiger partial charge in [-0.2, -0.15) is 4.31 Å². The summed E-state index contributed by atoms with van der Waals surface area (Å²) in [6, 6.07) is 7.40. The largest absolute Gasteiger partial charge is 0.342 e. The van der Waals surface area contributed by atoms with Gasteiger partial charge in [0.1, 0.15) is 0 Å². The second-order valence-electron chi connectivity index (χ2n) is 7.40. The Labute approximate surface area is 168 Å². The van der Waals surface area contributed by atoms with Gasteiger partial charge in [0.25, 0.3) is 0 Å². The number of carbonyl (C=O) groups is 1. The van der Waals surface area contributed by atoms with Crippen molar-refractivity contribution in [1.29, 1.82) is 0 Å². The van der Waals surface area contributed by atoms with Crippen LogP contribution in [0.2, 0.25) is 0 Å². The first-order valence-electron chi connectivity index (χ1n) is 9.44. The van der Waals surface area contributed by atoms with E-state index in [0.29, 0.717) is 24.0 Å². The Bertz CT molecular complexity index is 731. The molecule has 2 saturated heterocycles. The minimum Gasteiger partial charge on any atom is -0.342 e. The van der Waals surface area contributed by atoms with Crippen LogP contribution in [0.3, 0.4) is 0 Å². The van der Waals surface area contributed by atoms with E-state index in [2.05, 4.69) is 5.32 Å². The predicted octanol–water partition coefficient (Wildman–Crippen LogP) is 2.03. The van der Waals surface area contributed by atoms with Crippen LogP contribution in [0.25, 0.3) is 0 Å². The van der Waals surface area contributed by atoms with E-state index in [1.54, 1.807) is 12.1 Å². The van der Waals surface area contributed by atoms with Crippen molar-refractivity contribution in [2.75, 3.05) is 33.2 Å². The maximum atomic E-state index is 12.9. The van der Waals surface area contributed by atoms with Gasteiger partial charge in [-0.05, 0) is 51.8 Å². The highest BCUT2D eigenvalue weighted by atomic mass is 35.5. The summed E-state index contributed by atoms with van der Waals surface area (Å²) >= 11 is 0. The number of likely N-dealkylation sites (tertiary alicyclic amines) is 1. The van der Waals surface area contributed by atoms with Crippen molar-refractivity contribution in [3.05, 3.63) is 29.8 Å². The van der Waals surface area contributed by atoms with E-state index in [1.807, 2.05) is 31.0 Å². The van der Waals surface area contributed by atoms with E-state index < -0.39 is 10.0 Å². The van der Waals surface area contributed by atoms with E-state index in [0.717, 1.165) is 44.3 Å². The van der Waals surface area contributed by atoms with Crippen LogP contribution in [0.15, 0.2) is 29.2 Å². The number of halogens is 1. The van der Waals surface area contributed by atoms with Gasteiger partial charge < -0.3 is 10.2 Å². The van der Waals surface area contributed by atoms with E-state index >= 15 is 0 Å². The number of carbonyl (C=O) groups excluding carboxylic acids is 1. The molecule has 27 heavy (non-hydrogen) atoms. The van der Waals surface area contributed by atoms with Crippen LogP contribution in [0.5, 0.6) is 0 Å². The van der Waals surface area contributed by atoms with Gasteiger partial charge in [0.15, 0.2) is 0 Å². The topological polar surface area (TPSA) is 69.7 Å². The molecule has 1 amide bonds. The summed E-state index contributed by atoms with van der Waals surface area (Å²) in [4.78, 5) is 15.1. The molecule has 152 valence electrons. The van der Waals surface area contributed by atoms with Gasteiger partial charge in [0.05, 0.1) is 10.8 Å². The van der Waals surface area contributed by atoms with Crippen molar-refractivity contribution < 1.29 is 13.2 Å². The summed E-state index contributed by atoms with van der Waals surface area (Å²) < 4.78 is 27.3. The molecule has 3 rings (SSSR count). The Morgan fingerprint density at radius 3 is 2.30 bits per heavy atom. The lowest BCUT2D eigenvalue weighted by molar-refractivity contribution is -0.137. The van der Waals surface area contributed by atoms with Crippen LogP contribution in [0.4, 0.5) is 0 Å². The molecular weight excluding hydrogens is 386 g/mol. The second kappa shape index (κ2) is 9.37. The van der Waals surface area contributed by atoms with Gasteiger partial charge in [-0.15, -0.1) is 12.4 Å². The molecule has 1 N–H and O–H groups in total. The molecule has 1 aromatic carbocycles. The molecule has 0 aromatic heterocycles. The number of piperidine rings is 2. The van der Waals surface area contributed by atoms with Crippen LogP contribution in [0, 0.1) is 12.8 Å². The molecule has 0 radical (unpaired) electrons. The van der Waals surface area contributed by atoms with Crippen molar-refractivity contribution in [2.24, 2.45) is 5.92 Å². The lowest BCUT2D eigenvalue weighted by Gasteiger charge is -2.37. The smallest absolute Gasteiger partial charge is 0.243 e. The lowest BCUT2D eigenvalue weighted by atomic mass is 9.96. The minimum atomic E-state index is -3.54. The first-order chi connectivity index (χ1) is 12.4. The first-order valence-corrected chi connectivity index (χ1v) is 10.9. The summed E-state index contributed by atoms with van der Waals surface area (Å²) in [7, 11) is -1.58. The third kappa shape index (κ3) is 5.02. The number of hydrogen-bond donors (Lipinski definition) is 1.